The fourth-order valence-electron chi connectivity index (χ4n) is 2.93. The molecule has 0 heterocycles. The van der Waals surface area contributed by atoms with E-state index in [1.54, 1.807) is 32.2 Å². The van der Waals surface area contributed by atoms with E-state index < -0.39 is 17.9 Å². The Hall–Kier alpha value is -3.14. The summed E-state index contributed by atoms with van der Waals surface area (Å²) >= 11 is 0. The van der Waals surface area contributed by atoms with Gasteiger partial charge in [-0.15, -0.1) is 0 Å². The summed E-state index contributed by atoms with van der Waals surface area (Å²) in [6.07, 6.45) is 0.802. The minimum absolute atomic E-state index is 0.103. The molecule has 0 aliphatic rings. The van der Waals surface area contributed by atoms with Crippen LogP contribution < -0.4 is 15.2 Å². The molecule has 0 unspecified atom stereocenters. The molecule has 9 nitrogen and oxygen atoms in total. The van der Waals surface area contributed by atoms with Gasteiger partial charge < -0.3 is 24.7 Å². The Balaban J connectivity index is 2.33. The van der Waals surface area contributed by atoms with Crippen molar-refractivity contribution in [1.29, 1.82) is 0 Å². The van der Waals surface area contributed by atoms with Crippen molar-refractivity contribution in [2.75, 3.05) is 27.1 Å². The fraction of sp³-hybridized carbons (Fsp3) is 0.391. The Bertz CT molecular complexity index is 889. The molecule has 174 valence electrons. The zero-order valence-electron chi connectivity index (χ0n) is 18.6. The van der Waals surface area contributed by atoms with Gasteiger partial charge in [0.05, 0.1) is 13.2 Å². The number of benzene rings is 2. The number of hydrogen-bond donors (Lipinski definition) is 2. The maximum absolute atomic E-state index is 12.9. The van der Waals surface area contributed by atoms with Gasteiger partial charge >= 0.3 is 0 Å². The molecule has 0 saturated carbocycles. The van der Waals surface area contributed by atoms with E-state index >= 15 is 0 Å². The summed E-state index contributed by atoms with van der Waals surface area (Å²) < 4.78 is 21.9. The smallest absolute Gasteiger partial charge is 0.278 e. The van der Waals surface area contributed by atoms with Gasteiger partial charge in [-0.25, -0.2) is 5.06 Å². The number of carbonyl (C=O) groups excluding carboxylic acids is 2. The number of hydroxylamine groups is 2. The van der Waals surface area contributed by atoms with Crippen molar-refractivity contribution in [2.45, 2.75) is 32.7 Å². The Labute approximate surface area is 187 Å². The fourth-order valence-corrected chi connectivity index (χ4v) is 2.93. The molecule has 3 N–H and O–H groups in total. The molecule has 0 bridgehead atoms. The maximum Gasteiger partial charge on any atom is 0.278 e. The molecule has 32 heavy (non-hydrogen) atoms. The summed E-state index contributed by atoms with van der Waals surface area (Å²) in [5, 5.41) is 10.8. The van der Waals surface area contributed by atoms with E-state index in [1.807, 2.05) is 25.1 Å². The summed E-state index contributed by atoms with van der Waals surface area (Å²) in [4.78, 5) is 24.6. The minimum atomic E-state index is -1.13. The molecular weight excluding hydrogens is 416 g/mol. The standard InChI is InChI=1S/C23H30N2O7/c1-4-8-19(22(24)26)25(28)23(27)18-14-20(31-15-30-12-11-29-3)21(13-16(18)2)32-17-9-6-5-7-10-17/h5-7,9-10,13-14,19,28H,4,8,11-12,15H2,1-3H3,(H2,24,26)/t19-/m0/s1. The first kappa shape index (κ1) is 25.1. The normalized spacial score (nSPS) is 11.6. The molecule has 9 heteroatoms. The van der Waals surface area contributed by atoms with E-state index in [2.05, 4.69) is 0 Å². The number of nitrogens with zero attached hydrogens (tertiary/aromatic N) is 1. The molecule has 2 amide bonds. The third-order valence-electron chi connectivity index (χ3n) is 4.62. The Morgan fingerprint density at radius 3 is 2.47 bits per heavy atom. The summed E-state index contributed by atoms with van der Waals surface area (Å²) in [5.41, 5.74) is 6.02. The van der Waals surface area contributed by atoms with Gasteiger partial charge in [-0.1, -0.05) is 31.5 Å². The lowest BCUT2D eigenvalue weighted by Gasteiger charge is -2.24. The van der Waals surface area contributed by atoms with Crippen LogP contribution in [-0.4, -0.2) is 55.2 Å². The monoisotopic (exact) mass is 446 g/mol. The lowest BCUT2D eigenvalue weighted by molar-refractivity contribution is -0.139. The van der Waals surface area contributed by atoms with Gasteiger partial charge in [-0.3, -0.25) is 14.8 Å². The van der Waals surface area contributed by atoms with Crippen LogP contribution in [-0.2, 0) is 14.3 Å². The van der Waals surface area contributed by atoms with E-state index in [9.17, 15) is 14.8 Å². The van der Waals surface area contributed by atoms with Crippen molar-refractivity contribution in [1.82, 2.24) is 5.06 Å². The van der Waals surface area contributed by atoms with Gasteiger partial charge in [0.25, 0.3) is 5.91 Å². The second kappa shape index (κ2) is 12.7. The van der Waals surface area contributed by atoms with Crippen molar-refractivity contribution in [2.24, 2.45) is 5.73 Å². The topological polar surface area (TPSA) is 121 Å². The summed E-state index contributed by atoms with van der Waals surface area (Å²) in [6.45, 7) is 4.14. The van der Waals surface area contributed by atoms with E-state index in [4.69, 9.17) is 24.7 Å². The van der Waals surface area contributed by atoms with Gasteiger partial charge in [0.15, 0.2) is 18.3 Å². The van der Waals surface area contributed by atoms with Gasteiger partial charge in [0.2, 0.25) is 5.91 Å². The first-order valence-electron chi connectivity index (χ1n) is 10.3. The Morgan fingerprint density at radius 1 is 1.12 bits per heavy atom. The number of nitrogens with two attached hydrogens (primary N) is 1. The average Bonchev–Trinajstić information content (AvgIpc) is 2.78. The molecule has 0 aromatic heterocycles. The number of rotatable bonds is 13. The molecule has 0 fully saturated rings. The lowest BCUT2D eigenvalue weighted by Crippen LogP contribution is -2.46. The van der Waals surface area contributed by atoms with Crippen molar-refractivity contribution in [3.8, 4) is 17.2 Å². The van der Waals surface area contributed by atoms with E-state index in [0.29, 0.717) is 41.8 Å². The van der Waals surface area contributed by atoms with Crippen LogP contribution in [0.3, 0.4) is 0 Å². The summed E-state index contributed by atoms with van der Waals surface area (Å²) in [5.74, 6) is -0.370. The quantitative estimate of drug-likeness (QED) is 0.210. The molecule has 0 saturated heterocycles. The SMILES string of the molecule is CCC[C@@H](C(N)=O)N(O)C(=O)c1cc(OCOCCOC)c(Oc2ccccc2)cc1C. The van der Waals surface area contributed by atoms with Gasteiger partial charge in [-0.2, -0.15) is 0 Å². The largest absolute Gasteiger partial charge is 0.464 e. The second-order valence-corrected chi connectivity index (χ2v) is 7.05. The van der Waals surface area contributed by atoms with Crippen LogP contribution >= 0.6 is 0 Å². The Morgan fingerprint density at radius 2 is 1.84 bits per heavy atom. The van der Waals surface area contributed by atoms with Crippen LogP contribution in [0.2, 0.25) is 0 Å². The van der Waals surface area contributed by atoms with Crippen LogP contribution in [0.25, 0.3) is 0 Å². The number of carbonyl (C=O) groups is 2. The molecule has 2 aromatic carbocycles. The number of aryl methyl sites for hydroxylation is 1. The zero-order chi connectivity index (χ0) is 23.5. The van der Waals surface area contributed by atoms with E-state index in [1.165, 1.54) is 6.07 Å². The first-order valence-corrected chi connectivity index (χ1v) is 10.3. The van der Waals surface area contributed by atoms with E-state index in [0.717, 1.165) is 0 Å². The van der Waals surface area contributed by atoms with Gasteiger partial charge in [0.1, 0.15) is 11.8 Å². The third kappa shape index (κ3) is 6.94. The summed E-state index contributed by atoms with van der Waals surface area (Å²) in [7, 11) is 1.56. The molecule has 0 aliphatic heterocycles. The van der Waals surface area contributed by atoms with Crippen LogP contribution in [0, 0.1) is 6.92 Å². The van der Waals surface area contributed by atoms with Crippen molar-refractivity contribution in [3.63, 3.8) is 0 Å². The molecule has 1 atom stereocenters. The first-order chi connectivity index (χ1) is 15.4. The van der Waals surface area contributed by atoms with Crippen LogP contribution in [0.5, 0.6) is 17.2 Å². The molecule has 2 rings (SSSR count). The molecule has 0 aliphatic carbocycles. The molecule has 0 radical (unpaired) electrons. The van der Waals surface area contributed by atoms with Crippen molar-refractivity contribution in [3.05, 3.63) is 53.6 Å². The van der Waals surface area contributed by atoms with Crippen molar-refractivity contribution < 1.29 is 33.7 Å². The van der Waals surface area contributed by atoms with E-state index in [-0.39, 0.29) is 24.5 Å². The highest BCUT2D eigenvalue weighted by atomic mass is 16.7. The predicted molar refractivity (Wildman–Crippen MR) is 117 cm³/mol. The second-order valence-electron chi connectivity index (χ2n) is 7.05. The van der Waals surface area contributed by atoms with Gasteiger partial charge in [0, 0.05) is 12.7 Å². The van der Waals surface area contributed by atoms with Crippen molar-refractivity contribution >= 4 is 11.8 Å². The highest BCUT2D eigenvalue weighted by Gasteiger charge is 2.29. The summed E-state index contributed by atoms with van der Waals surface area (Å²) in [6, 6.07) is 11.0. The highest BCUT2D eigenvalue weighted by molar-refractivity contribution is 5.98. The Kier molecular flexibility index (Phi) is 9.93. The predicted octanol–water partition coefficient (Wildman–Crippen LogP) is 3.27. The number of methoxy groups -OCH3 is 1. The number of hydrogen-bond acceptors (Lipinski definition) is 7. The highest BCUT2D eigenvalue weighted by Crippen LogP contribution is 2.35. The van der Waals surface area contributed by atoms with Gasteiger partial charge in [-0.05, 0) is 43.2 Å². The maximum atomic E-state index is 12.9. The average molecular weight is 447 g/mol. The molecule has 2 aromatic rings. The number of ether oxygens (including phenoxy) is 4. The number of amides is 2. The third-order valence-corrected chi connectivity index (χ3v) is 4.62. The number of primary amides is 1. The van der Waals surface area contributed by atoms with Crippen LogP contribution in [0.4, 0.5) is 0 Å². The van der Waals surface area contributed by atoms with Crippen LogP contribution in [0.1, 0.15) is 35.7 Å². The lowest BCUT2D eigenvalue weighted by atomic mass is 10.0. The number of para-hydroxylation sites is 1. The molecular formula is C23H30N2O7. The zero-order valence-corrected chi connectivity index (χ0v) is 18.6. The minimum Gasteiger partial charge on any atom is -0.464 e. The molecule has 0 spiro atoms. The van der Waals surface area contributed by atoms with Crippen LogP contribution in [0.15, 0.2) is 42.5 Å².